The summed E-state index contributed by atoms with van der Waals surface area (Å²) in [6, 6.07) is 11.7. The van der Waals surface area contributed by atoms with E-state index in [0.29, 0.717) is 26.2 Å². The lowest BCUT2D eigenvalue weighted by Crippen LogP contribution is -2.51. The molecule has 1 amide bonds. The third kappa shape index (κ3) is 4.98. The molecule has 0 bridgehead atoms. The molecule has 2 heterocycles. The number of sulfonamides is 1. The van der Waals surface area contributed by atoms with Crippen LogP contribution in [0.3, 0.4) is 0 Å². The molecule has 1 aromatic carbocycles. The molecule has 2 N–H and O–H groups in total. The van der Waals surface area contributed by atoms with Gasteiger partial charge < -0.3 is 9.32 Å². The minimum Gasteiger partial charge on any atom is -0.464 e. The van der Waals surface area contributed by atoms with Gasteiger partial charge in [0, 0.05) is 37.4 Å². The number of hydrogen-bond acceptors (Lipinski definition) is 6. The lowest BCUT2D eigenvalue weighted by atomic mass is 9.97. The summed E-state index contributed by atoms with van der Waals surface area (Å²) in [5.41, 5.74) is 3.59. The molecule has 1 aliphatic rings. The van der Waals surface area contributed by atoms with Gasteiger partial charge in [0.2, 0.25) is 15.9 Å². The van der Waals surface area contributed by atoms with Gasteiger partial charge in [-0.2, -0.15) is 4.31 Å². The molecule has 0 saturated carbocycles. The van der Waals surface area contributed by atoms with Crippen LogP contribution >= 0.6 is 0 Å². The Morgan fingerprint density at radius 2 is 1.79 bits per heavy atom. The number of nitrogens with one attached hydrogen (secondary N) is 1. The number of rotatable bonds is 7. The van der Waals surface area contributed by atoms with Gasteiger partial charge in [-0.25, -0.2) is 13.9 Å². The molecule has 1 aromatic heterocycles. The number of hydroxylamine groups is 1. The van der Waals surface area contributed by atoms with Crippen molar-refractivity contribution in [2.75, 3.05) is 36.8 Å². The van der Waals surface area contributed by atoms with Gasteiger partial charge in [-0.3, -0.25) is 10.0 Å². The first-order chi connectivity index (χ1) is 13.8. The predicted octanol–water partition coefficient (Wildman–Crippen LogP) is 2.18. The summed E-state index contributed by atoms with van der Waals surface area (Å²) in [6.07, 6.45) is 1.64. The van der Waals surface area contributed by atoms with Crippen LogP contribution in [0.25, 0.3) is 11.3 Å². The molecule has 9 heteroatoms. The van der Waals surface area contributed by atoms with Gasteiger partial charge in [-0.05, 0) is 42.3 Å². The van der Waals surface area contributed by atoms with Crippen molar-refractivity contribution in [2.24, 2.45) is 11.8 Å². The highest BCUT2D eigenvalue weighted by atomic mass is 32.2. The number of anilines is 1. The second-order valence-corrected chi connectivity index (χ2v) is 9.53. The average Bonchev–Trinajstić information content (AvgIpc) is 3.26. The highest BCUT2D eigenvalue weighted by Crippen LogP contribution is 2.25. The number of benzene rings is 1. The minimum absolute atomic E-state index is 0.203. The van der Waals surface area contributed by atoms with Crippen molar-refractivity contribution in [3.63, 3.8) is 0 Å². The van der Waals surface area contributed by atoms with Crippen molar-refractivity contribution in [3.05, 3.63) is 42.7 Å². The number of carbonyl (C=O) groups excluding carboxylic acids is 1. The van der Waals surface area contributed by atoms with E-state index in [4.69, 9.17) is 9.62 Å². The van der Waals surface area contributed by atoms with Gasteiger partial charge >= 0.3 is 0 Å². The molecule has 1 fully saturated rings. The summed E-state index contributed by atoms with van der Waals surface area (Å²) in [5.74, 6) is -1.17. The quantitative estimate of drug-likeness (QED) is 0.525. The maximum atomic E-state index is 12.8. The molecule has 0 aliphatic carbocycles. The van der Waals surface area contributed by atoms with Gasteiger partial charge in [0.15, 0.2) is 0 Å². The van der Waals surface area contributed by atoms with E-state index in [0.717, 1.165) is 17.0 Å². The van der Waals surface area contributed by atoms with Gasteiger partial charge in [-0.1, -0.05) is 13.8 Å². The lowest BCUT2D eigenvalue weighted by Gasteiger charge is -2.36. The zero-order valence-corrected chi connectivity index (χ0v) is 17.4. The first-order valence-corrected chi connectivity index (χ1v) is 11.2. The monoisotopic (exact) mass is 421 g/mol. The number of piperazine rings is 1. The van der Waals surface area contributed by atoms with E-state index >= 15 is 0 Å². The number of furan rings is 1. The largest absolute Gasteiger partial charge is 0.464 e. The SMILES string of the molecule is CC(C)C(CS(=O)(=O)N1CCN(c2ccc(-c3ccco3)cc2)CC1)C(=O)NO. The number of amides is 1. The van der Waals surface area contributed by atoms with Crippen LogP contribution in [0, 0.1) is 11.8 Å². The van der Waals surface area contributed by atoms with E-state index in [1.807, 2.05) is 36.4 Å². The highest BCUT2D eigenvalue weighted by molar-refractivity contribution is 7.89. The van der Waals surface area contributed by atoms with E-state index in [-0.39, 0.29) is 11.7 Å². The van der Waals surface area contributed by atoms with Gasteiger partial charge in [-0.15, -0.1) is 0 Å². The van der Waals surface area contributed by atoms with Crippen LogP contribution in [0.2, 0.25) is 0 Å². The summed E-state index contributed by atoms with van der Waals surface area (Å²) in [5, 5.41) is 8.88. The zero-order chi connectivity index (χ0) is 21.0. The first-order valence-electron chi connectivity index (χ1n) is 9.62. The van der Waals surface area contributed by atoms with Gasteiger partial charge in [0.05, 0.1) is 17.9 Å². The first kappa shape index (κ1) is 21.4. The maximum Gasteiger partial charge on any atom is 0.247 e. The van der Waals surface area contributed by atoms with E-state index in [1.54, 1.807) is 25.6 Å². The van der Waals surface area contributed by atoms with Crippen molar-refractivity contribution in [1.29, 1.82) is 0 Å². The Morgan fingerprint density at radius 3 is 2.31 bits per heavy atom. The third-order valence-electron chi connectivity index (χ3n) is 5.31. The third-order valence-corrected chi connectivity index (χ3v) is 7.24. The van der Waals surface area contributed by atoms with Crippen molar-refractivity contribution >= 4 is 21.6 Å². The van der Waals surface area contributed by atoms with Crippen LogP contribution in [-0.4, -0.2) is 55.8 Å². The number of hydrogen-bond donors (Lipinski definition) is 2. The zero-order valence-electron chi connectivity index (χ0n) is 16.6. The smallest absolute Gasteiger partial charge is 0.247 e. The number of carbonyl (C=O) groups is 1. The van der Waals surface area contributed by atoms with Crippen molar-refractivity contribution in [1.82, 2.24) is 9.79 Å². The molecule has 158 valence electrons. The van der Waals surface area contributed by atoms with Crippen LogP contribution in [-0.2, 0) is 14.8 Å². The maximum absolute atomic E-state index is 12.8. The molecule has 1 atom stereocenters. The Balaban J connectivity index is 1.61. The molecule has 1 aliphatic heterocycles. The fraction of sp³-hybridized carbons (Fsp3) is 0.450. The van der Waals surface area contributed by atoms with E-state index in [9.17, 15) is 13.2 Å². The fourth-order valence-corrected chi connectivity index (χ4v) is 5.41. The summed E-state index contributed by atoms with van der Waals surface area (Å²) in [6.45, 7) is 5.37. The van der Waals surface area contributed by atoms with Crippen molar-refractivity contribution < 1.29 is 22.8 Å². The summed E-state index contributed by atoms with van der Waals surface area (Å²) >= 11 is 0. The molecular weight excluding hydrogens is 394 g/mol. The Bertz CT molecular complexity index is 902. The molecular formula is C20H27N3O5S. The minimum atomic E-state index is -3.60. The normalized spacial score (nSPS) is 16.8. The van der Waals surface area contributed by atoms with Crippen molar-refractivity contribution in [3.8, 4) is 11.3 Å². The molecule has 0 radical (unpaired) electrons. The second kappa shape index (κ2) is 8.98. The Hall–Kier alpha value is -2.36. The highest BCUT2D eigenvalue weighted by Gasteiger charge is 2.33. The Kier molecular flexibility index (Phi) is 6.61. The van der Waals surface area contributed by atoms with Crippen LogP contribution in [0.15, 0.2) is 47.1 Å². The van der Waals surface area contributed by atoms with Gasteiger partial charge in [0.1, 0.15) is 5.76 Å². The van der Waals surface area contributed by atoms with Crippen LogP contribution < -0.4 is 10.4 Å². The Morgan fingerprint density at radius 1 is 1.14 bits per heavy atom. The lowest BCUT2D eigenvalue weighted by molar-refractivity contribution is -0.134. The number of nitrogens with zero attached hydrogens (tertiary/aromatic N) is 2. The predicted molar refractivity (Wildman–Crippen MR) is 110 cm³/mol. The van der Waals surface area contributed by atoms with Crippen LogP contribution in [0.5, 0.6) is 0 Å². The van der Waals surface area contributed by atoms with E-state index in [1.165, 1.54) is 4.31 Å². The molecule has 1 saturated heterocycles. The van der Waals surface area contributed by atoms with Gasteiger partial charge in [0.25, 0.3) is 0 Å². The van der Waals surface area contributed by atoms with Crippen LogP contribution in [0.4, 0.5) is 5.69 Å². The second-order valence-electron chi connectivity index (χ2n) is 7.52. The summed E-state index contributed by atoms with van der Waals surface area (Å²) in [7, 11) is -3.60. The molecule has 8 nitrogen and oxygen atoms in total. The molecule has 1 unspecified atom stereocenters. The molecule has 2 aromatic rings. The average molecular weight is 422 g/mol. The molecule has 3 rings (SSSR count). The summed E-state index contributed by atoms with van der Waals surface area (Å²) < 4.78 is 32.4. The molecule has 29 heavy (non-hydrogen) atoms. The standard InChI is InChI=1S/C20H27N3O5S/c1-15(2)18(20(24)21-25)14-29(26,27)23-11-9-22(10-12-23)17-7-5-16(6-8-17)19-4-3-13-28-19/h3-8,13,15,18,25H,9-12,14H2,1-2H3,(H,21,24). The topological polar surface area (TPSA) is 103 Å². The fourth-order valence-electron chi connectivity index (χ4n) is 3.49. The van der Waals surface area contributed by atoms with Crippen LogP contribution in [0.1, 0.15) is 13.8 Å². The summed E-state index contributed by atoms with van der Waals surface area (Å²) in [4.78, 5) is 13.9. The van der Waals surface area contributed by atoms with E-state index < -0.39 is 21.8 Å². The van der Waals surface area contributed by atoms with Crippen molar-refractivity contribution in [2.45, 2.75) is 13.8 Å². The Labute approximate surface area is 171 Å². The van der Waals surface area contributed by atoms with E-state index in [2.05, 4.69) is 4.90 Å². The molecule has 0 spiro atoms.